The zero-order valence-electron chi connectivity index (χ0n) is 13.4. The number of benzene rings is 1. The number of rotatable bonds is 4. The molecule has 4 nitrogen and oxygen atoms in total. The summed E-state index contributed by atoms with van der Waals surface area (Å²) in [5.74, 6) is 0.462. The van der Waals surface area contributed by atoms with Gasteiger partial charge in [0.05, 0.1) is 10.9 Å². The van der Waals surface area contributed by atoms with Crippen molar-refractivity contribution >= 4 is 31.7 Å². The fourth-order valence-corrected chi connectivity index (χ4v) is 5.58. The Hall–Kier alpha value is -0.880. The minimum absolute atomic E-state index is 0.113. The fourth-order valence-electron chi connectivity index (χ4n) is 3.43. The van der Waals surface area contributed by atoms with Crippen LogP contribution in [0.3, 0.4) is 0 Å². The second-order valence-electron chi connectivity index (χ2n) is 6.53. The second-order valence-corrected chi connectivity index (χ2v) is 8.97. The Balaban J connectivity index is 1.89. The molecule has 0 amide bonds. The maximum Gasteiger partial charge on any atom is 0.279 e. The fraction of sp³-hybridized carbons (Fsp3) is 0.588. The third kappa shape index (κ3) is 3.48. The van der Waals surface area contributed by atoms with E-state index in [0.717, 1.165) is 30.5 Å². The molecule has 0 radical (unpaired) electrons. The summed E-state index contributed by atoms with van der Waals surface area (Å²) in [6.07, 6.45) is 6.79. The average Bonchev–Trinajstić information content (AvgIpc) is 3.01. The molecule has 1 saturated carbocycles. The third-order valence-corrected chi connectivity index (χ3v) is 7.29. The molecule has 1 fully saturated rings. The first kappa shape index (κ1) is 17.0. The lowest BCUT2D eigenvalue weighted by Gasteiger charge is -2.21. The molecule has 1 atom stereocenters. The molecular weight excluding hydrogens is 376 g/mol. The number of nitrogens with zero attached hydrogens (tertiary/aromatic N) is 2. The lowest BCUT2D eigenvalue weighted by molar-refractivity contribution is 0.389. The van der Waals surface area contributed by atoms with Crippen LogP contribution >= 0.6 is 15.9 Å². The van der Waals surface area contributed by atoms with Crippen LogP contribution in [-0.4, -0.2) is 29.9 Å². The molecule has 0 N–H and O–H groups in total. The van der Waals surface area contributed by atoms with Crippen molar-refractivity contribution in [3.05, 3.63) is 29.8 Å². The molecule has 126 valence electrons. The van der Waals surface area contributed by atoms with Crippen LogP contribution in [0.15, 0.2) is 34.3 Å². The predicted octanol–water partition coefficient (Wildman–Crippen LogP) is 4.09. The van der Waals surface area contributed by atoms with Crippen molar-refractivity contribution < 1.29 is 8.42 Å². The number of halogens is 1. The molecule has 2 aliphatic rings. The van der Waals surface area contributed by atoms with Gasteiger partial charge in [-0.1, -0.05) is 52.9 Å². The average molecular weight is 399 g/mol. The van der Waals surface area contributed by atoms with Gasteiger partial charge in [0, 0.05) is 17.5 Å². The molecule has 1 unspecified atom stereocenters. The van der Waals surface area contributed by atoms with Gasteiger partial charge in [-0.15, -0.1) is 0 Å². The van der Waals surface area contributed by atoms with Crippen LogP contribution in [0.4, 0.5) is 0 Å². The molecule has 1 aliphatic heterocycles. The summed E-state index contributed by atoms with van der Waals surface area (Å²) >= 11 is 3.47. The monoisotopic (exact) mass is 398 g/mol. The van der Waals surface area contributed by atoms with Crippen molar-refractivity contribution in [2.24, 2.45) is 11.0 Å². The highest BCUT2D eigenvalue weighted by molar-refractivity contribution is 9.09. The second kappa shape index (κ2) is 6.93. The lowest BCUT2D eigenvalue weighted by atomic mass is 9.84. The Bertz CT molecular complexity index is 679. The highest BCUT2D eigenvalue weighted by atomic mass is 79.9. The summed E-state index contributed by atoms with van der Waals surface area (Å²) in [4.78, 5) is 0.322. The summed E-state index contributed by atoms with van der Waals surface area (Å²) in [7, 11) is -3.57. The molecule has 23 heavy (non-hydrogen) atoms. The highest BCUT2D eigenvalue weighted by Crippen LogP contribution is 2.33. The molecule has 1 aromatic carbocycles. The summed E-state index contributed by atoms with van der Waals surface area (Å²) in [5, 5.41) is 5.18. The first-order valence-corrected chi connectivity index (χ1v) is 10.8. The summed E-state index contributed by atoms with van der Waals surface area (Å²) < 4.78 is 27.2. The normalized spacial score (nSPS) is 23.1. The Kier molecular flexibility index (Phi) is 5.11. The topological polar surface area (TPSA) is 49.7 Å². The van der Waals surface area contributed by atoms with E-state index in [2.05, 4.69) is 21.0 Å². The summed E-state index contributed by atoms with van der Waals surface area (Å²) in [6, 6.07) is 6.89. The van der Waals surface area contributed by atoms with E-state index < -0.39 is 10.0 Å². The zero-order chi connectivity index (χ0) is 16.4. The van der Waals surface area contributed by atoms with E-state index in [-0.39, 0.29) is 6.04 Å². The number of hydrogen-bond donors (Lipinski definition) is 0. The zero-order valence-corrected chi connectivity index (χ0v) is 15.8. The Morgan fingerprint density at radius 3 is 2.43 bits per heavy atom. The molecule has 0 aromatic heterocycles. The minimum atomic E-state index is -3.57. The smallest absolute Gasteiger partial charge is 0.200 e. The van der Waals surface area contributed by atoms with E-state index in [9.17, 15) is 8.42 Å². The van der Waals surface area contributed by atoms with Crippen molar-refractivity contribution in [1.29, 1.82) is 0 Å². The number of sulfonamides is 1. The van der Waals surface area contributed by atoms with Crippen LogP contribution in [0.5, 0.6) is 0 Å². The van der Waals surface area contributed by atoms with E-state index in [4.69, 9.17) is 0 Å². The molecule has 1 aliphatic carbocycles. The highest BCUT2D eigenvalue weighted by Gasteiger charge is 2.37. The molecule has 0 saturated heterocycles. The number of alkyl halides is 1. The summed E-state index contributed by atoms with van der Waals surface area (Å²) in [5.41, 5.74) is 2.12. The van der Waals surface area contributed by atoms with Crippen molar-refractivity contribution in [1.82, 2.24) is 4.41 Å². The number of hydrazone groups is 1. The molecule has 6 heteroatoms. The van der Waals surface area contributed by atoms with Gasteiger partial charge >= 0.3 is 0 Å². The van der Waals surface area contributed by atoms with Crippen molar-refractivity contribution in [3.63, 3.8) is 0 Å². The van der Waals surface area contributed by atoms with Crippen LogP contribution in [0, 0.1) is 12.8 Å². The van der Waals surface area contributed by atoms with Gasteiger partial charge in [-0.3, -0.25) is 0 Å². The number of aryl methyl sites for hydroxylation is 1. The van der Waals surface area contributed by atoms with Crippen molar-refractivity contribution in [3.8, 4) is 0 Å². The van der Waals surface area contributed by atoms with Gasteiger partial charge in [0.1, 0.15) is 0 Å². The lowest BCUT2D eigenvalue weighted by Crippen LogP contribution is -2.33. The van der Waals surface area contributed by atoms with Crippen molar-refractivity contribution in [2.45, 2.75) is 56.4 Å². The van der Waals surface area contributed by atoms with Gasteiger partial charge in [-0.05, 0) is 37.8 Å². The van der Waals surface area contributed by atoms with Gasteiger partial charge in [0.25, 0.3) is 10.0 Å². The molecule has 3 rings (SSSR count). The minimum Gasteiger partial charge on any atom is -0.200 e. The van der Waals surface area contributed by atoms with E-state index in [1.54, 1.807) is 12.1 Å². The number of hydrogen-bond acceptors (Lipinski definition) is 3. The van der Waals surface area contributed by atoms with Gasteiger partial charge in [-0.25, -0.2) is 0 Å². The Morgan fingerprint density at radius 2 is 1.83 bits per heavy atom. The van der Waals surface area contributed by atoms with E-state index in [1.807, 2.05) is 19.1 Å². The van der Waals surface area contributed by atoms with E-state index in [1.165, 1.54) is 23.7 Å². The van der Waals surface area contributed by atoms with Gasteiger partial charge in [0.15, 0.2) is 0 Å². The SMILES string of the molecule is Cc1ccc(S(=O)(=O)N2N=C(C3CCCCC3)CC2CBr)cc1. The first-order valence-electron chi connectivity index (χ1n) is 8.27. The summed E-state index contributed by atoms with van der Waals surface area (Å²) in [6.45, 7) is 1.95. The molecular formula is C17H23BrN2O2S. The molecule has 0 spiro atoms. The van der Waals surface area contributed by atoms with Gasteiger partial charge in [0.2, 0.25) is 0 Å². The molecule has 1 heterocycles. The van der Waals surface area contributed by atoms with Crippen LogP contribution in [0.1, 0.15) is 44.1 Å². The standard InChI is InChI=1S/C17H23BrN2O2S/c1-13-7-9-16(10-8-13)23(21,22)20-15(12-18)11-17(19-20)14-5-3-2-4-6-14/h7-10,14-15H,2-6,11-12H2,1H3. The Labute approximate surface area is 147 Å². The first-order chi connectivity index (χ1) is 11.0. The maximum absolute atomic E-state index is 12.9. The van der Waals surface area contributed by atoms with Crippen LogP contribution in [0.2, 0.25) is 0 Å². The van der Waals surface area contributed by atoms with E-state index >= 15 is 0 Å². The van der Waals surface area contributed by atoms with Gasteiger partial charge < -0.3 is 0 Å². The quantitative estimate of drug-likeness (QED) is 0.716. The third-order valence-electron chi connectivity index (χ3n) is 4.80. The van der Waals surface area contributed by atoms with Gasteiger partial charge in [-0.2, -0.15) is 17.9 Å². The largest absolute Gasteiger partial charge is 0.279 e. The molecule has 1 aromatic rings. The molecule has 0 bridgehead atoms. The van der Waals surface area contributed by atoms with Crippen LogP contribution < -0.4 is 0 Å². The van der Waals surface area contributed by atoms with Crippen molar-refractivity contribution in [2.75, 3.05) is 5.33 Å². The van der Waals surface area contributed by atoms with Crippen LogP contribution in [-0.2, 0) is 10.0 Å². The Morgan fingerprint density at radius 1 is 1.17 bits per heavy atom. The predicted molar refractivity (Wildman–Crippen MR) is 96.4 cm³/mol. The maximum atomic E-state index is 12.9. The van der Waals surface area contributed by atoms with E-state index in [0.29, 0.717) is 16.1 Å². The van der Waals surface area contributed by atoms with Crippen LogP contribution in [0.25, 0.3) is 0 Å².